The number of nitrogens with two attached hydrogens (primary N) is 1. The van der Waals surface area contributed by atoms with Gasteiger partial charge in [0.2, 0.25) is 0 Å². The molecule has 2 rings (SSSR count). The van der Waals surface area contributed by atoms with Crippen molar-refractivity contribution in [3.05, 3.63) is 30.0 Å². The molecule has 1 heterocycles. The lowest BCUT2D eigenvalue weighted by molar-refractivity contribution is 0.415. The number of anilines is 1. The summed E-state index contributed by atoms with van der Waals surface area (Å²) in [5.41, 5.74) is 8.48. The number of rotatable bonds is 1. The molecule has 0 radical (unpaired) electrons. The van der Waals surface area contributed by atoms with E-state index in [2.05, 4.69) is 4.98 Å². The molecule has 0 unspecified atom stereocenters. The lowest BCUT2D eigenvalue weighted by atomic mass is 10.1. The molecule has 3 heteroatoms. The van der Waals surface area contributed by atoms with E-state index in [1.54, 1.807) is 13.3 Å². The molecule has 0 saturated heterocycles. The van der Waals surface area contributed by atoms with Crippen LogP contribution in [-0.4, -0.2) is 12.1 Å². The van der Waals surface area contributed by atoms with Gasteiger partial charge < -0.3 is 10.5 Å². The molecule has 2 N–H and O–H groups in total. The van der Waals surface area contributed by atoms with Gasteiger partial charge in [0, 0.05) is 5.39 Å². The van der Waals surface area contributed by atoms with Gasteiger partial charge in [-0.3, -0.25) is 4.98 Å². The quantitative estimate of drug-likeness (QED) is 0.745. The third-order valence-corrected chi connectivity index (χ3v) is 2.38. The third-order valence-electron chi connectivity index (χ3n) is 2.38. The van der Waals surface area contributed by atoms with Crippen LogP contribution in [0.15, 0.2) is 24.4 Å². The van der Waals surface area contributed by atoms with Crippen molar-refractivity contribution in [3.8, 4) is 5.75 Å². The average molecular weight is 188 g/mol. The molecule has 0 amide bonds. The Balaban J connectivity index is 2.78. The summed E-state index contributed by atoms with van der Waals surface area (Å²) < 4.78 is 5.15. The van der Waals surface area contributed by atoms with Crippen LogP contribution in [0.2, 0.25) is 0 Å². The highest BCUT2D eigenvalue weighted by Crippen LogP contribution is 2.24. The van der Waals surface area contributed by atoms with Gasteiger partial charge in [0.15, 0.2) is 0 Å². The molecule has 72 valence electrons. The van der Waals surface area contributed by atoms with E-state index >= 15 is 0 Å². The highest BCUT2D eigenvalue weighted by molar-refractivity contribution is 5.86. The van der Waals surface area contributed by atoms with Crippen LogP contribution in [0.4, 0.5) is 5.69 Å². The molecule has 0 aliphatic heterocycles. The van der Waals surface area contributed by atoms with Gasteiger partial charge in [-0.25, -0.2) is 0 Å². The SMILES string of the molecule is COc1ccc2ncc(N)c(C)c2c1. The maximum Gasteiger partial charge on any atom is 0.119 e. The molecule has 0 bridgehead atoms. The Morgan fingerprint density at radius 1 is 1.36 bits per heavy atom. The summed E-state index contributed by atoms with van der Waals surface area (Å²) in [6.07, 6.45) is 1.68. The van der Waals surface area contributed by atoms with E-state index in [0.717, 1.165) is 22.2 Å². The number of benzene rings is 1. The Hall–Kier alpha value is -1.77. The fourth-order valence-electron chi connectivity index (χ4n) is 1.45. The molecule has 0 saturated carbocycles. The van der Waals surface area contributed by atoms with Gasteiger partial charge in [0.1, 0.15) is 5.75 Å². The van der Waals surface area contributed by atoms with E-state index < -0.39 is 0 Å². The van der Waals surface area contributed by atoms with E-state index in [0.29, 0.717) is 5.69 Å². The van der Waals surface area contributed by atoms with Crippen LogP contribution in [0.5, 0.6) is 5.75 Å². The normalized spacial score (nSPS) is 10.4. The maximum absolute atomic E-state index is 5.77. The lowest BCUT2D eigenvalue weighted by Crippen LogP contribution is -1.93. The number of hydrogen-bond donors (Lipinski definition) is 1. The van der Waals surface area contributed by atoms with Crippen molar-refractivity contribution in [1.82, 2.24) is 4.98 Å². The van der Waals surface area contributed by atoms with Gasteiger partial charge in [0.05, 0.1) is 24.5 Å². The molecule has 3 nitrogen and oxygen atoms in total. The molecule has 1 aromatic carbocycles. The zero-order valence-electron chi connectivity index (χ0n) is 8.24. The Kier molecular flexibility index (Phi) is 2.00. The van der Waals surface area contributed by atoms with Crippen LogP contribution in [0.25, 0.3) is 10.9 Å². The monoisotopic (exact) mass is 188 g/mol. The minimum atomic E-state index is 0.714. The third kappa shape index (κ3) is 1.27. The van der Waals surface area contributed by atoms with Crippen molar-refractivity contribution < 1.29 is 4.74 Å². The van der Waals surface area contributed by atoms with Gasteiger partial charge >= 0.3 is 0 Å². The predicted octanol–water partition coefficient (Wildman–Crippen LogP) is 2.13. The zero-order valence-corrected chi connectivity index (χ0v) is 8.24. The smallest absolute Gasteiger partial charge is 0.119 e. The summed E-state index contributed by atoms with van der Waals surface area (Å²) in [6, 6.07) is 5.78. The Bertz CT molecular complexity index is 480. The summed E-state index contributed by atoms with van der Waals surface area (Å²) in [5.74, 6) is 0.827. The first kappa shape index (κ1) is 8.81. The molecule has 0 aliphatic carbocycles. The lowest BCUT2D eigenvalue weighted by Gasteiger charge is -2.06. The minimum Gasteiger partial charge on any atom is -0.497 e. The van der Waals surface area contributed by atoms with Gasteiger partial charge in [-0.1, -0.05) is 0 Å². The second-order valence-electron chi connectivity index (χ2n) is 3.22. The van der Waals surface area contributed by atoms with E-state index in [1.165, 1.54) is 0 Å². The van der Waals surface area contributed by atoms with Gasteiger partial charge in [-0.05, 0) is 30.7 Å². The largest absolute Gasteiger partial charge is 0.497 e. The van der Waals surface area contributed by atoms with Crippen molar-refractivity contribution in [1.29, 1.82) is 0 Å². The second-order valence-corrected chi connectivity index (χ2v) is 3.22. The van der Waals surface area contributed by atoms with Crippen molar-refractivity contribution in [2.24, 2.45) is 0 Å². The summed E-state index contributed by atoms with van der Waals surface area (Å²) in [5, 5.41) is 1.05. The molecular weight excluding hydrogens is 176 g/mol. The molecule has 0 spiro atoms. The minimum absolute atomic E-state index is 0.714. The van der Waals surface area contributed by atoms with Gasteiger partial charge in [-0.15, -0.1) is 0 Å². The number of ether oxygens (including phenoxy) is 1. The van der Waals surface area contributed by atoms with Crippen LogP contribution in [0.3, 0.4) is 0 Å². The molecule has 1 aromatic heterocycles. The van der Waals surface area contributed by atoms with Crippen LogP contribution in [0, 0.1) is 6.92 Å². The van der Waals surface area contributed by atoms with E-state index in [4.69, 9.17) is 10.5 Å². The Morgan fingerprint density at radius 3 is 2.86 bits per heavy atom. The molecule has 2 aromatic rings. The topological polar surface area (TPSA) is 48.1 Å². The number of fused-ring (bicyclic) bond motifs is 1. The summed E-state index contributed by atoms with van der Waals surface area (Å²) in [6.45, 7) is 1.98. The van der Waals surface area contributed by atoms with E-state index in [1.807, 2.05) is 25.1 Å². The summed E-state index contributed by atoms with van der Waals surface area (Å²) in [4.78, 5) is 4.24. The average Bonchev–Trinajstić information content (AvgIpc) is 2.23. The summed E-state index contributed by atoms with van der Waals surface area (Å²) >= 11 is 0. The predicted molar refractivity (Wildman–Crippen MR) is 57.4 cm³/mol. The highest BCUT2D eigenvalue weighted by Gasteiger charge is 2.03. The Morgan fingerprint density at radius 2 is 2.14 bits per heavy atom. The maximum atomic E-state index is 5.77. The first-order chi connectivity index (χ1) is 6.72. The van der Waals surface area contributed by atoms with E-state index in [-0.39, 0.29) is 0 Å². The highest BCUT2D eigenvalue weighted by atomic mass is 16.5. The molecule has 0 atom stereocenters. The molecule has 14 heavy (non-hydrogen) atoms. The molecule has 0 aliphatic rings. The molecular formula is C11H12N2O. The van der Waals surface area contributed by atoms with Gasteiger partial charge in [-0.2, -0.15) is 0 Å². The summed E-state index contributed by atoms with van der Waals surface area (Å²) in [7, 11) is 1.65. The zero-order chi connectivity index (χ0) is 10.1. The van der Waals surface area contributed by atoms with Crippen LogP contribution >= 0.6 is 0 Å². The van der Waals surface area contributed by atoms with Crippen molar-refractivity contribution in [2.75, 3.05) is 12.8 Å². The number of methoxy groups -OCH3 is 1. The van der Waals surface area contributed by atoms with Crippen molar-refractivity contribution in [3.63, 3.8) is 0 Å². The number of nitrogens with zero attached hydrogens (tertiary/aromatic N) is 1. The van der Waals surface area contributed by atoms with Crippen molar-refractivity contribution >= 4 is 16.6 Å². The number of hydrogen-bond acceptors (Lipinski definition) is 3. The standard InChI is InChI=1S/C11H12N2O/c1-7-9-5-8(14-2)3-4-11(9)13-6-10(7)12/h3-6H,12H2,1-2H3. The fraction of sp³-hybridized carbons (Fsp3) is 0.182. The first-order valence-electron chi connectivity index (χ1n) is 4.41. The number of aromatic nitrogens is 1. The Labute approximate surface area is 82.5 Å². The second kappa shape index (κ2) is 3.18. The van der Waals surface area contributed by atoms with Gasteiger partial charge in [0.25, 0.3) is 0 Å². The van der Waals surface area contributed by atoms with Crippen LogP contribution in [0.1, 0.15) is 5.56 Å². The van der Waals surface area contributed by atoms with Crippen molar-refractivity contribution in [2.45, 2.75) is 6.92 Å². The fourth-order valence-corrected chi connectivity index (χ4v) is 1.45. The van der Waals surface area contributed by atoms with Crippen LogP contribution < -0.4 is 10.5 Å². The number of pyridine rings is 1. The van der Waals surface area contributed by atoms with E-state index in [9.17, 15) is 0 Å². The molecule has 0 fully saturated rings. The number of nitrogen functional groups attached to an aromatic ring is 1. The first-order valence-corrected chi connectivity index (χ1v) is 4.41. The number of aryl methyl sites for hydroxylation is 1. The van der Waals surface area contributed by atoms with Crippen LogP contribution in [-0.2, 0) is 0 Å².